The molecule has 2 aromatic heterocycles. The number of carbonyl (C=O) groups is 1. The smallest absolute Gasteiger partial charge is 0.230 e. The van der Waals surface area contributed by atoms with Crippen LogP contribution >= 0.6 is 11.6 Å². The molecule has 2 rings (SSSR count). The van der Waals surface area contributed by atoms with Crippen molar-refractivity contribution < 1.29 is 4.79 Å². The Morgan fingerprint density at radius 3 is 2.73 bits per heavy atom. The van der Waals surface area contributed by atoms with Crippen molar-refractivity contribution in [2.45, 2.75) is 0 Å². The van der Waals surface area contributed by atoms with Gasteiger partial charge in [0.1, 0.15) is 11.4 Å². The average molecular weight is 223 g/mol. The van der Waals surface area contributed by atoms with Crippen LogP contribution in [0.1, 0.15) is 16.2 Å². The van der Waals surface area contributed by atoms with Crippen LogP contribution < -0.4 is 0 Å². The van der Waals surface area contributed by atoms with Crippen molar-refractivity contribution in [1.29, 1.82) is 0 Å². The first-order valence-corrected chi connectivity index (χ1v) is 4.57. The molecule has 0 N–H and O–H groups in total. The number of pyridine rings is 1. The lowest BCUT2D eigenvalue weighted by Crippen LogP contribution is -2.09. The third kappa shape index (κ3) is 1.87. The van der Waals surface area contributed by atoms with Crippen LogP contribution in [0.3, 0.4) is 0 Å². The summed E-state index contributed by atoms with van der Waals surface area (Å²) in [5.74, 6) is -0.223. The lowest BCUT2D eigenvalue weighted by molar-refractivity contribution is 0.102. The number of aryl methyl sites for hydroxylation is 1. The molecule has 76 valence electrons. The van der Waals surface area contributed by atoms with Crippen LogP contribution in [0.15, 0.2) is 24.5 Å². The summed E-state index contributed by atoms with van der Waals surface area (Å²) in [6, 6.07) is 3.18. The van der Waals surface area contributed by atoms with Crippen LogP contribution in [0.2, 0.25) is 5.02 Å². The van der Waals surface area contributed by atoms with Crippen LogP contribution in [-0.2, 0) is 7.05 Å². The summed E-state index contributed by atoms with van der Waals surface area (Å²) in [6.07, 6.45) is 2.83. The molecule has 2 heterocycles. The Bertz CT molecular complexity index is 491. The van der Waals surface area contributed by atoms with E-state index in [0.717, 1.165) is 0 Å². The molecule has 0 aliphatic rings. The molecule has 0 aromatic carbocycles. The van der Waals surface area contributed by atoms with E-state index in [4.69, 9.17) is 11.6 Å². The van der Waals surface area contributed by atoms with Crippen LogP contribution in [0.5, 0.6) is 0 Å². The number of rotatable bonds is 2. The molecule has 0 amide bonds. The minimum absolute atomic E-state index is 0.223. The second-order valence-corrected chi connectivity index (χ2v) is 3.37. The van der Waals surface area contributed by atoms with Gasteiger partial charge in [0.15, 0.2) is 0 Å². The summed E-state index contributed by atoms with van der Waals surface area (Å²) >= 11 is 5.67. The van der Waals surface area contributed by atoms with Crippen molar-refractivity contribution in [1.82, 2.24) is 20.0 Å². The van der Waals surface area contributed by atoms with Gasteiger partial charge in [0.05, 0.1) is 11.2 Å². The highest BCUT2D eigenvalue weighted by atomic mass is 35.5. The van der Waals surface area contributed by atoms with Gasteiger partial charge in [-0.05, 0) is 12.1 Å². The maximum absolute atomic E-state index is 11.8. The molecule has 0 radical (unpaired) electrons. The zero-order valence-corrected chi connectivity index (χ0v) is 8.64. The molecule has 0 atom stereocenters. The van der Waals surface area contributed by atoms with E-state index >= 15 is 0 Å². The van der Waals surface area contributed by atoms with Crippen LogP contribution in [-0.4, -0.2) is 25.8 Å². The Morgan fingerprint density at radius 2 is 2.20 bits per heavy atom. The predicted molar refractivity (Wildman–Crippen MR) is 53.7 cm³/mol. The predicted octanol–water partition coefficient (Wildman–Crippen LogP) is 1.09. The Hall–Kier alpha value is -1.75. The quantitative estimate of drug-likeness (QED) is 0.714. The zero-order chi connectivity index (χ0) is 10.8. The number of hydrogen-bond acceptors (Lipinski definition) is 4. The SMILES string of the molecule is Cn1nncc1C(=O)c1ccc(Cl)cn1. The molecule has 0 aliphatic carbocycles. The normalized spacial score (nSPS) is 10.3. The minimum Gasteiger partial charge on any atom is -0.285 e. The fourth-order valence-corrected chi connectivity index (χ4v) is 1.25. The highest BCUT2D eigenvalue weighted by Crippen LogP contribution is 2.09. The second kappa shape index (κ2) is 3.78. The van der Waals surface area contributed by atoms with Crippen molar-refractivity contribution in [2.75, 3.05) is 0 Å². The maximum Gasteiger partial charge on any atom is 0.230 e. The standard InChI is InChI=1S/C9H7ClN4O/c1-14-8(5-12-13-14)9(15)7-3-2-6(10)4-11-7/h2-5H,1H3. The first-order chi connectivity index (χ1) is 7.18. The number of hydrogen-bond donors (Lipinski definition) is 0. The molecular formula is C9H7ClN4O. The van der Waals surface area contributed by atoms with E-state index in [1.54, 1.807) is 19.2 Å². The van der Waals surface area contributed by atoms with Gasteiger partial charge in [-0.15, -0.1) is 5.10 Å². The first kappa shape index (κ1) is 9.79. The lowest BCUT2D eigenvalue weighted by atomic mass is 10.2. The molecule has 6 heteroatoms. The summed E-state index contributed by atoms with van der Waals surface area (Å²) in [4.78, 5) is 15.8. The molecule has 0 saturated carbocycles. The first-order valence-electron chi connectivity index (χ1n) is 4.19. The molecule has 0 aliphatic heterocycles. The topological polar surface area (TPSA) is 60.7 Å². The number of aromatic nitrogens is 4. The van der Waals surface area contributed by atoms with Gasteiger partial charge in [-0.3, -0.25) is 9.78 Å². The molecule has 0 saturated heterocycles. The van der Waals surface area contributed by atoms with Crippen molar-refractivity contribution in [3.63, 3.8) is 0 Å². The molecule has 0 spiro atoms. The number of halogens is 1. The minimum atomic E-state index is -0.223. The summed E-state index contributed by atoms with van der Waals surface area (Å²) in [7, 11) is 1.65. The maximum atomic E-state index is 11.8. The van der Waals surface area contributed by atoms with Gasteiger partial charge in [-0.25, -0.2) is 4.68 Å². The van der Waals surface area contributed by atoms with Gasteiger partial charge in [0.2, 0.25) is 5.78 Å². The highest BCUT2D eigenvalue weighted by molar-refractivity contribution is 6.30. The summed E-state index contributed by atoms with van der Waals surface area (Å²) in [5, 5.41) is 7.79. The van der Waals surface area contributed by atoms with E-state index in [-0.39, 0.29) is 5.78 Å². The van der Waals surface area contributed by atoms with Gasteiger partial charge in [-0.2, -0.15) is 0 Å². The summed E-state index contributed by atoms with van der Waals surface area (Å²) in [5.41, 5.74) is 0.717. The number of nitrogens with zero attached hydrogens (tertiary/aromatic N) is 4. The Balaban J connectivity index is 2.37. The van der Waals surface area contributed by atoms with Crippen molar-refractivity contribution >= 4 is 17.4 Å². The van der Waals surface area contributed by atoms with Gasteiger partial charge >= 0.3 is 0 Å². The fourth-order valence-electron chi connectivity index (χ4n) is 1.14. The summed E-state index contributed by atoms with van der Waals surface area (Å²) < 4.78 is 1.40. The number of carbonyl (C=O) groups excluding carboxylic acids is 1. The molecule has 0 bridgehead atoms. The fraction of sp³-hybridized carbons (Fsp3) is 0.111. The van der Waals surface area contributed by atoms with E-state index in [9.17, 15) is 4.79 Å². The van der Waals surface area contributed by atoms with Gasteiger partial charge < -0.3 is 0 Å². The lowest BCUT2D eigenvalue weighted by Gasteiger charge is -1.99. The van der Waals surface area contributed by atoms with Crippen LogP contribution in [0, 0.1) is 0 Å². The number of ketones is 1. The highest BCUT2D eigenvalue weighted by Gasteiger charge is 2.14. The van der Waals surface area contributed by atoms with E-state index in [0.29, 0.717) is 16.4 Å². The monoisotopic (exact) mass is 222 g/mol. The molecule has 15 heavy (non-hydrogen) atoms. The summed E-state index contributed by atoms with van der Waals surface area (Å²) in [6.45, 7) is 0. The van der Waals surface area contributed by atoms with Crippen molar-refractivity contribution in [3.8, 4) is 0 Å². The Labute approximate surface area is 90.7 Å². The molecule has 0 fully saturated rings. The average Bonchev–Trinajstić information content (AvgIpc) is 2.65. The largest absolute Gasteiger partial charge is 0.285 e. The Kier molecular flexibility index (Phi) is 2.47. The Morgan fingerprint density at radius 1 is 1.40 bits per heavy atom. The zero-order valence-electron chi connectivity index (χ0n) is 7.88. The second-order valence-electron chi connectivity index (χ2n) is 2.93. The van der Waals surface area contributed by atoms with Gasteiger partial charge in [0, 0.05) is 13.2 Å². The van der Waals surface area contributed by atoms with Crippen LogP contribution in [0.25, 0.3) is 0 Å². The van der Waals surface area contributed by atoms with E-state index < -0.39 is 0 Å². The van der Waals surface area contributed by atoms with Gasteiger partial charge in [0.25, 0.3) is 0 Å². The molecular weight excluding hydrogens is 216 g/mol. The van der Waals surface area contributed by atoms with Crippen molar-refractivity contribution in [2.24, 2.45) is 7.05 Å². The van der Waals surface area contributed by atoms with E-state index in [2.05, 4.69) is 15.3 Å². The molecule has 5 nitrogen and oxygen atoms in total. The molecule has 0 unspecified atom stereocenters. The van der Waals surface area contributed by atoms with E-state index in [1.165, 1.54) is 17.1 Å². The third-order valence-corrected chi connectivity index (χ3v) is 2.13. The van der Waals surface area contributed by atoms with Gasteiger partial charge in [-0.1, -0.05) is 16.8 Å². The molecule has 2 aromatic rings. The third-order valence-electron chi connectivity index (χ3n) is 1.91. The van der Waals surface area contributed by atoms with Crippen LogP contribution in [0.4, 0.5) is 0 Å². The van der Waals surface area contributed by atoms with E-state index in [1.807, 2.05) is 0 Å². The van der Waals surface area contributed by atoms with Crippen molar-refractivity contribution in [3.05, 3.63) is 40.9 Å².